The molecule has 0 saturated heterocycles. The van der Waals surface area contributed by atoms with Gasteiger partial charge in [-0.05, 0) is 31.2 Å². The zero-order valence-corrected chi connectivity index (χ0v) is 11.6. The number of carbonyl (C=O) groups is 1. The average Bonchev–Trinajstić information content (AvgIpc) is 2.46. The van der Waals surface area contributed by atoms with E-state index in [-0.39, 0.29) is 11.3 Å². The molecule has 6 nitrogen and oxygen atoms in total. The van der Waals surface area contributed by atoms with E-state index in [4.69, 9.17) is 5.11 Å². The number of nitrogens with zero attached hydrogens (tertiary/aromatic N) is 2. The standard InChI is InChI=1S/C15H14N2O4/c1-10-3-6-12(7-4-10)16(2)13-8-5-11(15(18)19)9-14(13)17(20)21/h3-9H,1-2H3,(H,18,19). The van der Waals surface area contributed by atoms with Gasteiger partial charge in [0.05, 0.1) is 10.5 Å². The van der Waals surface area contributed by atoms with Gasteiger partial charge in [-0.15, -0.1) is 0 Å². The maximum Gasteiger partial charge on any atom is 0.335 e. The van der Waals surface area contributed by atoms with E-state index in [9.17, 15) is 14.9 Å². The molecule has 0 aromatic heterocycles. The van der Waals surface area contributed by atoms with Crippen molar-refractivity contribution in [3.05, 3.63) is 63.7 Å². The number of benzene rings is 2. The number of aromatic carboxylic acids is 1. The van der Waals surface area contributed by atoms with Gasteiger partial charge in [-0.3, -0.25) is 10.1 Å². The van der Waals surface area contributed by atoms with Crippen molar-refractivity contribution in [2.75, 3.05) is 11.9 Å². The van der Waals surface area contributed by atoms with Crippen LogP contribution in [0.3, 0.4) is 0 Å². The lowest BCUT2D eigenvalue weighted by Gasteiger charge is -2.19. The SMILES string of the molecule is Cc1ccc(N(C)c2ccc(C(=O)O)cc2[N+](=O)[O-])cc1. The van der Waals surface area contributed by atoms with Gasteiger partial charge in [-0.1, -0.05) is 17.7 Å². The molecule has 0 heterocycles. The molecule has 2 aromatic rings. The van der Waals surface area contributed by atoms with Crippen molar-refractivity contribution in [1.82, 2.24) is 0 Å². The van der Waals surface area contributed by atoms with Gasteiger partial charge in [0.15, 0.2) is 0 Å². The van der Waals surface area contributed by atoms with E-state index in [1.807, 2.05) is 31.2 Å². The van der Waals surface area contributed by atoms with Crippen LogP contribution in [0.4, 0.5) is 17.1 Å². The highest BCUT2D eigenvalue weighted by Crippen LogP contribution is 2.33. The molecule has 108 valence electrons. The van der Waals surface area contributed by atoms with Crippen molar-refractivity contribution in [2.45, 2.75) is 6.92 Å². The summed E-state index contributed by atoms with van der Waals surface area (Å²) in [6, 6.07) is 11.4. The molecule has 0 amide bonds. The third kappa shape index (κ3) is 3.00. The van der Waals surface area contributed by atoms with Gasteiger partial charge in [0.2, 0.25) is 0 Å². The predicted molar refractivity (Wildman–Crippen MR) is 79.3 cm³/mol. The van der Waals surface area contributed by atoms with E-state index in [0.29, 0.717) is 5.69 Å². The second-order valence-electron chi connectivity index (χ2n) is 4.66. The highest BCUT2D eigenvalue weighted by molar-refractivity contribution is 5.90. The first-order chi connectivity index (χ1) is 9.90. The molecule has 0 aliphatic rings. The van der Waals surface area contributed by atoms with Crippen LogP contribution in [0, 0.1) is 17.0 Å². The van der Waals surface area contributed by atoms with Gasteiger partial charge in [-0.25, -0.2) is 4.79 Å². The van der Waals surface area contributed by atoms with Crippen molar-refractivity contribution in [2.24, 2.45) is 0 Å². The number of nitro benzene ring substituents is 1. The van der Waals surface area contributed by atoms with Crippen LogP contribution in [0.25, 0.3) is 0 Å². The number of hydrogen-bond donors (Lipinski definition) is 1. The molecule has 0 fully saturated rings. The molecule has 0 aliphatic carbocycles. The Morgan fingerprint density at radius 2 is 1.81 bits per heavy atom. The van der Waals surface area contributed by atoms with Crippen LogP contribution in [0.2, 0.25) is 0 Å². The molecule has 0 atom stereocenters. The Morgan fingerprint density at radius 1 is 1.19 bits per heavy atom. The van der Waals surface area contributed by atoms with Crippen molar-refractivity contribution in [3.63, 3.8) is 0 Å². The quantitative estimate of drug-likeness (QED) is 0.688. The van der Waals surface area contributed by atoms with Crippen LogP contribution in [0.1, 0.15) is 15.9 Å². The molecule has 0 spiro atoms. The molecule has 6 heteroatoms. The van der Waals surface area contributed by atoms with Crippen molar-refractivity contribution < 1.29 is 14.8 Å². The van der Waals surface area contributed by atoms with Gasteiger partial charge < -0.3 is 10.0 Å². The molecule has 0 unspecified atom stereocenters. The Labute approximate surface area is 121 Å². The van der Waals surface area contributed by atoms with Crippen LogP contribution < -0.4 is 4.90 Å². The molecule has 2 rings (SSSR count). The summed E-state index contributed by atoms with van der Waals surface area (Å²) >= 11 is 0. The largest absolute Gasteiger partial charge is 0.478 e. The molecule has 0 aliphatic heterocycles. The van der Waals surface area contributed by atoms with Crippen LogP contribution in [-0.2, 0) is 0 Å². The third-order valence-corrected chi connectivity index (χ3v) is 3.20. The molecular formula is C15H14N2O4. The number of aryl methyl sites for hydroxylation is 1. The summed E-state index contributed by atoms with van der Waals surface area (Å²) < 4.78 is 0. The van der Waals surface area contributed by atoms with E-state index in [1.54, 1.807) is 11.9 Å². The van der Waals surface area contributed by atoms with Crippen LogP contribution in [0.5, 0.6) is 0 Å². The smallest absolute Gasteiger partial charge is 0.335 e. The minimum atomic E-state index is -1.19. The first-order valence-electron chi connectivity index (χ1n) is 6.22. The predicted octanol–water partition coefficient (Wildman–Crippen LogP) is 3.37. The third-order valence-electron chi connectivity index (χ3n) is 3.20. The lowest BCUT2D eigenvalue weighted by Crippen LogP contribution is -2.12. The fourth-order valence-electron chi connectivity index (χ4n) is 1.99. The van der Waals surface area contributed by atoms with E-state index in [1.165, 1.54) is 12.1 Å². The molecule has 0 saturated carbocycles. The van der Waals surface area contributed by atoms with Gasteiger partial charge >= 0.3 is 5.97 Å². The Hall–Kier alpha value is -2.89. The van der Waals surface area contributed by atoms with E-state index in [2.05, 4.69) is 0 Å². The maximum atomic E-state index is 11.2. The number of carboxylic acids is 1. The van der Waals surface area contributed by atoms with Crippen LogP contribution in [0.15, 0.2) is 42.5 Å². The maximum absolute atomic E-state index is 11.2. The second kappa shape index (κ2) is 5.62. The van der Waals surface area contributed by atoms with E-state index < -0.39 is 10.9 Å². The summed E-state index contributed by atoms with van der Waals surface area (Å²) in [7, 11) is 1.70. The Morgan fingerprint density at radius 3 is 2.33 bits per heavy atom. The zero-order valence-electron chi connectivity index (χ0n) is 11.6. The topological polar surface area (TPSA) is 83.7 Å². The van der Waals surface area contributed by atoms with Crippen molar-refractivity contribution in [3.8, 4) is 0 Å². The van der Waals surface area contributed by atoms with Crippen LogP contribution in [-0.4, -0.2) is 23.0 Å². The second-order valence-corrected chi connectivity index (χ2v) is 4.66. The highest BCUT2D eigenvalue weighted by Gasteiger charge is 2.20. The molecular weight excluding hydrogens is 272 g/mol. The number of hydrogen-bond acceptors (Lipinski definition) is 4. The fraction of sp³-hybridized carbons (Fsp3) is 0.133. The molecule has 0 radical (unpaired) electrons. The zero-order chi connectivity index (χ0) is 15.6. The summed E-state index contributed by atoms with van der Waals surface area (Å²) in [6.07, 6.45) is 0. The summed E-state index contributed by atoms with van der Waals surface area (Å²) in [5.41, 5.74) is 1.87. The molecule has 0 bridgehead atoms. The Bertz CT molecular complexity index is 695. The molecule has 21 heavy (non-hydrogen) atoms. The normalized spacial score (nSPS) is 10.2. The first kappa shape index (κ1) is 14.5. The fourth-order valence-corrected chi connectivity index (χ4v) is 1.99. The summed E-state index contributed by atoms with van der Waals surface area (Å²) in [6.45, 7) is 1.95. The van der Waals surface area contributed by atoms with Crippen molar-refractivity contribution >= 4 is 23.0 Å². The number of rotatable bonds is 4. The lowest BCUT2D eigenvalue weighted by atomic mass is 10.1. The minimum Gasteiger partial charge on any atom is -0.478 e. The van der Waals surface area contributed by atoms with Gasteiger partial charge in [-0.2, -0.15) is 0 Å². The monoisotopic (exact) mass is 286 g/mol. The van der Waals surface area contributed by atoms with Crippen LogP contribution >= 0.6 is 0 Å². The number of nitro groups is 1. The average molecular weight is 286 g/mol. The Balaban J connectivity index is 2.49. The van der Waals surface area contributed by atoms with Gasteiger partial charge in [0.25, 0.3) is 5.69 Å². The summed E-state index contributed by atoms with van der Waals surface area (Å²) in [5, 5.41) is 20.1. The van der Waals surface area contributed by atoms with Gasteiger partial charge in [0, 0.05) is 18.8 Å². The first-order valence-corrected chi connectivity index (χ1v) is 6.22. The van der Waals surface area contributed by atoms with Crippen molar-refractivity contribution in [1.29, 1.82) is 0 Å². The summed E-state index contributed by atoms with van der Waals surface area (Å²) in [4.78, 5) is 23.2. The van der Waals surface area contributed by atoms with E-state index in [0.717, 1.165) is 17.3 Å². The molecule has 1 N–H and O–H groups in total. The minimum absolute atomic E-state index is 0.109. The lowest BCUT2D eigenvalue weighted by molar-refractivity contribution is -0.384. The molecule has 2 aromatic carbocycles. The van der Waals surface area contributed by atoms with E-state index >= 15 is 0 Å². The number of anilines is 2. The van der Waals surface area contributed by atoms with Gasteiger partial charge in [0.1, 0.15) is 5.69 Å². The Kier molecular flexibility index (Phi) is 3.89. The summed E-state index contributed by atoms with van der Waals surface area (Å²) in [5.74, 6) is -1.19. The number of carboxylic acid groups (broad SMARTS) is 1. The highest BCUT2D eigenvalue weighted by atomic mass is 16.6.